The maximum absolute atomic E-state index is 6.14. The van der Waals surface area contributed by atoms with Crippen molar-refractivity contribution in [2.45, 2.75) is 26.7 Å². The van der Waals surface area contributed by atoms with Gasteiger partial charge in [-0.1, -0.05) is 6.92 Å². The number of rotatable bonds is 9. The molecule has 7 nitrogen and oxygen atoms in total. The number of hydrogen-bond acceptors (Lipinski definition) is 7. The lowest BCUT2D eigenvalue weighted by molar-refractivity contribution is 0.232. The molecule has 152 valence electrons. The summed E-state index contributed by atoms with van der Waals surface area (Å²) in [5, 5.41) is 6.30. The van der Waals surface area contributed by atoms with Gasteiger partial charge in [0.2, 0.25) is 5.95 Å². The summed E-state index contributed by atoms with van der Waals surface area (Å²) in [6, 6.07) is 7.69. The van der Waals surface area contributed by atoms with E-state index in [0.717, 1.165) is 35.2 Å². The first-order chi connectivity index (χ1) is 13.6. The van der Waals surface area contributed by atoms with Gasteiger partial charge in [0.25, 0.3) is 0 Å². The van der Waals surface area contributed by atoms with Gasteiger partial charge in [0.05, 0.1) is 13.7 Å². The third-order valence-corrected chi connectivity index (χ3v) is 4.91. The summed E-state index contributed by atoms with van der Waals surface area (Å²) >= 11 is 0. The number of aromatic nitrogens is 2. The maximum Gasteiger partial charge on any atom is 0.229 e. The Labute approximate surface area is 167 Å². The lowest BCUT2D eigenvalue weighted by Crippen LogP contribution is -2.23. The molecule has 28 heavy (non-hydrogen) atoms. The molecule has 1 aliphatic rings. The first kappa shape index (κ1) is 20.2. The van der Waals surface area contributed by atoms with Crippen LogP contribution in [0.15, 0.2) is 24.3 Å². The van der Waals surface area contributed by atoms with E-state index in [1.807, 2.05) is 38.2 Å². The van der Waals surface area contributed by atoms with Crippen LogP contribution in [-0.4, -0.2) is 55.3 Å². The van der Waals surface area contributed by atoms with Crippen molar-refractivity contribution in [3.8, 4) is 11.5 Å². The van der Waals surface area contributed by atoms with Crippen LogP contribution in [0.1, 0.15) is 25.5 Å². The molecule has 1 saturated heterocycles. The van der Waals surface area contributed by atoms with Gasteiger partial charge >= 0.3 is 0 Å². The van der Waals surface area contributed by atoms with Crippen LogP contribution in [0.4, 0.5) is 17.5 Å². The Morgan fingerprint density at radius 1 is 1.21 bits per heavy atom. The Balaban J connectivity index is 1.67. The highest BCUT2D eigenvalue weighted by atomic mass is 16.5. The molecular weight excluding hydrogens is 354 g/mol. The van der Waals surface area contributed by atoms with Crippen LogP contribution < -0.4 is 20.1 Å². The standard InChI is InChI=1S/C21H31N5O2/c1-5-9-26-10-8-16(13-26)14-28-19-12-17(6-7-18(19)27-4)24-21-23-15(2)11-20(22-3)25-21/h6-7,11-12,16H,5,8-10,13-14H2,1-4H3,(H2,22,23,24,25). The van der Waals surface area contributed by atoms with Gasteiger partial charge < -0.3 is 25.0 Å². The fourth-order valence-corrected chi connectivity index (χ4v) is 3.52. The first-order valence-electron chi connectivity index (χ1n) is 9.95. The highest BCUT2D eigenvalue weighted by Crippen LogP contribution is 2.32. The fourth-order valence-electron chi connectivity index (χ4n) is 3.52. The third-order valence-electron chi connectivity index (χ3n) is 4.91. The molecule has 7 heteroatoms. The Hall–Kier alpha value is -2.54. The zero-order valence-electron chi connectivity index (χ0n) is 17.3. The minimum Gasteiger partial charge on any atom is -0.493 e. The number of nitrogens with zero attached hydrogens (tertiary/aromatic N) is 3. The van der Waals surface area contributed by atoms with E-state index in [4.69, 9.17) is 9.47 Å². The molecule has 0 saturated carbocycles. The molecule has 1 unspecified atom stereocenters. The van der Waals surface area contributed by atoms with E-state index in [2.05, 4.69) is 32.4 Å². The predicted octanol–water partition coefficient (Wildman–Crippen LogP) is 3.69. The zero-order chi connectivity index (χ0) is 19.9. The van der Waals surface area contributed by atoms with Gasteiger partial charge in [0, 0.05) is 43.0 Å². The molecule has 2 N–H and O–H groups in total. The minimum atomic E-state index is 0.548. The van der Waals surface area contributed by atoms with E-state index < -0.39 is 0 Å². The molecule has 1 atom stereocenters. The van der Waals surface area contributed by atoms with Crippen LogP contribution in [0.2, 0.25) is 0 Å². The van der Waals surface area contributed by atoms with Gasteiger partial charge in [-0.15, -0.1) is 0 Å². The second kappa shape index (κ2) is 9.59. The predicted molar refractivity (Wildman–Crippen MR) is 113 cm³/mol. The van der Waals surface area contributed by atoms with Crippen LogP contribution in [0.3, 0.4) is 0 Å². The quantitative estimate of drug-likeness (QED) is 0.682. The largest absolute Gasteiger partial charge is 0.493 e. The number of aryl methyl sites for hydroxylation is 1. The van der Waals surface area contributed by atoms with Crippen molar-refractivity contribution in [3.63, 3.8) is 0 Å². The average Bonchev–Trinajstić information content (AvgIpc) is 3.14. The summed E-state index contributed by atoms with van der Waals surface area (Å²) in [5.74, 6) is 3.36. The first-order valence-corrected chi connectivity index (χ1v) is 9.95. The van der Waals surface area contributed by atoms with Crippen LogP contribution in [0.5, 0.6) is 11.5 Å². The second-order valence-corrected chi connectivity index (χ2v) is 7.23. The lowest BCUT2D eigenvalue weighted by atomic mass is 10.1. The summed E-state index contributed by atoms with van der Waals surface area (Å²) in [4.78, 5) is 11.4. The molecule has 0 radical (unpaired) electrons. The maximum atomic E-state index is 6.14. The van der Waals surface area contributed by atoms with Crippen LogP contribution in [0, 0.1) is 12.8 Å². The van der Waals surface area contributed by atoms with Gasteiger partial charge in [0.1, 0.15) is 5.82 Å². The molecule has 1 aromatic carbocycles. The van der Waals surface area contributed by atoms with Crippen molar-refractivity contribution in [3.05, 3.63) is 30.0 Å². The van der Waals surface area contributed by atoms with Crippen LogP contribution in [0.25, 0.3) is 0 Å². The summed E-state index contributed by atoms with van der Waals surface area (Å²) in [5.41, 5.74) is 1.76. The molecule has 0 bridgehead atoms. The topological polar surface area (TPSA) is 71.5 Å². The van der Waals surface area contributed by atoms with Gasteiger partial charge in [-0.05, 0) is 45.0 Å². The molecule has 1 aliphatic heterocycles. The van der Waals surface area contributed by atoms with E-state index in [9.17, 15) is 0 Å². The fraction of sp³-hybridized carbons (Fsp3) is 0.524. The molecule has 2 heterocycles. The van der Waals surface area contributed by atoms with E-state index in [0.29, 0.717) is 18.5 Å². The van der Waals surface area contributed by atoms with E-state index in [1.54, 1.807) is 7.11 Å². The number of likely N-dealkylation sites (tertiary alicyclic amines) is 1. The monoisotopic (exact) mass is 385 g/mol. The normalized spacial score (nSPS) is 16.8. The van der Waals surface area contributed by atoms with E-state index in [-0.39, 0.29) is 0 Å². The number of methoxy groups -OCH3 is 1. The van der Waals surface area contributed by atoms with Crippen molar-refractivity contribution >= 4 is 17.5 Å². The van der Waals surface area contributed by atoms with Crippen LogP contribution >= 0.6 is 0 Å². The van der Waals surface area contributed by atoms with Gasteiger partial charge in [-0.3, -0.25) is 0 Å². The molecule has 3 rings (SSSR count). The minimum absolute atomic E-state index is 0.548. The van der Waals surface area contributed by atoms with E-state index in [1.165, 1.54) is 25.9 Å². The molecule has 2 aromatic rings. The number of ether oxygens (including phenoxy) is 2. The van der Waals surface area contributed by atoms with Gasteiger partial charge in [-0.25, -0.2) is 4.98 Å². The molecule has 0 aliphatic carbocycles. The highest BCUT2D eigenvalue weighted by molar-refractivity contribution is 5.60. The number of nitrogens with one attached hydrogen (secondary N) is 2. The van der Waals surface area contributed by atoms with Crippen molar-refractivity contribution in [1.82, 2.24) is 14.9 Å². The Morgan fingerprint density at radius 3 is 2.82 bits per heavy atom. The summed E-state index contributed by atoms with van der Waals surface area (Å²) in [6.45, 7) is 8.32. The number of benzene rings is 1. The van der Waals surface area contributed by atoms with Crippen molar-refractivity contribution < 1.29 is 9.47 Å². The molecular formula is C21H31N5O2. The number of anilines is 3. The van der Waals surface area contributed by atoms with Gasteiger partial charge in [0.15, 0.2) is 11.5 Å². The van der Waals surface area contributed by atoms with E-state index >= 15 is 0 Å². The third kappa shape index (κ3) is 5.25. The Bertz CT molecular complexity index is 783. The average molecular weight is 386 g/mol. The Kier molecular flexibility index (Phi) is 6.92. The zero-order valence-corrected chi connectivity index (χ0v) is 17.3. The Morgan fingerprint density at radius 2 is 2.07 bits per heavy atom. The lowest BCUT2D eigenvalue weighted by Gasteiger charge is -2.17. The smallest absolute Gasteiger partial charge is 0.229 e. The van der Waals surface area contributed by atoms with Crippen molar-refractivity contribution in [1.29, 1.82) is 0 Å². The SMILES string of the molecule is CCCN1CCC(COc2cc(Nc3nc(C)cc(NC)n3)ccc2OC)C1. The molecule has 1 aromatic heterocycles. The summed E-state index contributed by atoms with van der Waals surface area (Å²) < 4.78 is 11.6. The second-order valence-electron chi connectivity index (χ2n) is 7.23. The highest BCUT2D eigenvalue weighted by Gasteiger charge is 2.22. The van der Waals surface area contributed by atoms with Crippen molar-refractivity contribution in [2.24, 2.45) is 5.92 Å². The van der Waals surface area contributed by atoms with Gasteiger partial charge in [-0.2, -0.15) is 4.98 Å². The summed E-state index contributed by atoms with van der Waals surface area (Å²) in [7, 11) is 3.51. The van der Waals surface area contributed by atoms with Crippen LogP contribution in [-0.2, 0) is 0 Å². The van der Waals surface area contributed by atoms with Crippen molar-refractivity contribution in [2.75, 3.05) is 51.0 Å². The number of hydrogen-bond donors (Lipinski definition) is 2. The molecule has 0 amide bonds. The molecule has 1 fully saturated rings. The summed E-state index contributed by atoms with van der Waals surface area (Å²) in [6.07, 6.45) is 2.38. The molecule has 0 spiro atoms.